The molecule has 0 radical (unpaired) electrons. The van der Waals surface area contributed by atoms with Gasteiger partial charge in [-0.05, 0) is 27.7 Å². The highest BCUT2D eigenvalue weighted by atomic mass is 36.0. The van der Waals surface area contributed by atoms with Gasteiger partial charge in [-0.25, -0.2) is 4.79 Å². The van der Waals surface area contributed by atoms with Crippen LogP contribution >= 0.6 is 33.0 Å². The fourth-order valence-corrected chi connectivity index (χ4v) is 1.94. The van der Waals surface area contributed by atoms with Crippen LogP contribution in [-0.4, -0.2) is 34.3 Å². The molecule has 0 aliphatic heterocycles. The van der Waals surface area contributed by atoms with Crippen molar-refractivity contribution in [3.05, 3.63) is 16.7 Å². The highest BCUT2D eigenvalue weighted by Gasteiger charge is 2.21. The Morgan fingerprint density at radius 2 is 1.56 bits per heavy atom. The molecule has 7 nitrogen and oxygen atoms in total. The maximum Gasteiger partial charge on any atom is 0.412 e. The molecule has 0 fully saturated rings. The van der Waals surface area contributed by atoms with Crippen molar-refractivity contribution in [3.63, 3.8) is 0 Å². The van der Waals surface area contributed by atoms with E-state index >= 15 is 0 Å². The summed E-state index contributed by atoms with van der Waals surface area (Å²) in [6, 6.07) is 1.66. The van der Waals surface area contributed by atoms with Gasteiger partial charge in [0.15, 0.2) is 0 Å². The summed E-state index contributed by atoms with van der Waals surface area (Å²) in [5, 5.41) is 2.93. The second-order valence-electron chi connectivity index (χ2n) is 5.60. The van der Waals surface area contributed by atoms with Crippen LogP contribution < -0.4 is 14.8 Å². The number of ether oxygens (including phenoxy) is 3. The molecule has 0 saturated heterocycles. The Bertz CT molecular complexity index is 680. The van der Waals surface area contributed by atoms with Gasteiger partial charge in [0.2, 0.25) is 0 Å². The van der Waals surface area contributed by atoms with Crippen molar-refractivity contribution < 1.29 is 27.4 Å². The van der Waals surface area contributed by atoms with E-state index in [9.17, 15) is 4.79 Å². The molecule has 25 heavy (non-hydrogen) atoms. The number of benzene rings is 1. The lowest BCUT2D eigenvalue weighted by molar-refractivity contribution is 0.0636. The van der Waals surface area contributed by atoms with E-state index in [4.69, 9.17) is 34.2 Å². The molecule has 0 aliphatic rings. The van der Waals surface area contributed by atoms with E-state index in [2.05, 4.69) is 26.7 Å². The normalized spacial score (nSPS) is 11.1. The zero-order valence-corrected chi connectivity index (χ0v) is 17.7. The summed E-state index contributed by atoms with van der Waals surface area (Å²) in [4.78, 5) is 11.9. The monoisotopic (exact) mass is 435 g/mol. The number of methoxy groups -OCH3 is 2. The Hall–Kier alpha value is -1.09. The number of rotatable bonds is 3. The zero-order valence-electron chi connectivity index (χ0n) is 14.6. The van der Waals surface area contributed by atoms with E-state index in [1.807, 2.05) is 0 Å². The second kappa shape index (κ2) is 9.56. The maximum atomic E-state index is 11.9. The van der Waals surface area contributed by atoms with Crippen LogP contribution in [0.5, 0.6) is 11.5 Å². The number of anilines is 1. The van der Waals surface area contributed by atoms with Crippen LogP contribution in [-0.2, 0) is 13.0 Å². The molecular weight excluding hydrogens is 417 g/mol. The van der Waals surface area contributed by atoms with Crippen LogP contribution in [0, 0.1) is 6.92 Å². The summed E-state index contributed by atoms with van der Waals surface area (Å²) in [6.45, 7) is 7.14. The molecule has 1 N–H and O–H groups in total. The van der Waals surface area contributed by atoms with Gasteiger partial charge in [0.1, 0.15) is 22.1 Å². The molecule has 0 spiro atoms. The molecular formula is C14H20Cl3NO6S. The molecule has 1 amide bonds. The molecule has 0 atom stereocenters. The highest BCUT2D eigenvalue weighted by molar-refractivity contribution is 8.31. The van der Waals surface area contributed by atoms with Crippen molar-refractivity contribution in [2.45, 2.75) is 33.3 Å². The fraction of sp³-hybridized carbons (Fsp3) is 0.500. The van der Waals surface area contributed by atoms with Crippen LogP contribution in [0.25, 0.3) is 0 Å². The van der Waals surface area contributed by atoms with Gasteiger partial charge in [0.05, 0.1) is 19.9 Å². The smallest absolute Gasteiger partial charge is 0.412 e. The minimum atomic E-state index is -3.72. The van der Waals surface area contributed by atoms with Gasteiger partial charge in [0.25, 0.3) is 0 Å². The van der Waals surface area contributed by atoms with Crippen LogP contribution in [0.1, 0.15) is 26.3 Å². The summed E-state index contributed by atoms with van der Waals surface area (Å²) >= 11 is 6.21. The van der Waals surface area contributed by atoms with Crippen LogP contribution in [0.3, 0.4) is 0 Å². The third kappa shape index (κ3) is 9.84. The predicted octanol–water partition coefficient (Wildman–Crippen LogP) is 4.72. The number of carbonyl (C=O) groups is 1. The van der Waals surface area contributed by atoms with Crippen molar-refractivity contribution in [2.24, 2.45) is 0 Å². The van der Waals surface area contributed by atoms with Gasteiger partial charge < -0.3 is 14.2 Å². The lowest BCUT2D eigenvalue weighted by Crippen LogP contribution is -2.27. The minimum Gasteiger partial charge on any atom is -0.496 e. The van der Waals surface area contributed by atoms with E-state index < -0.39 is 20.0 Å². The first-order valence-electron chi connectivity index (χ1n) is 6.75. The number of carbonyl (C=O) groups excluding carboxylic acids is 1. The van der Waals surface area contributed by atoms with E-state index in [1.54, 1.807) is 33.8 Å². The minimum absolute atomic E-state index is 0.302. The lowest BCUT2D eigenvalue weighted by Gasteiger charge is -2.21. The number of amides is 1. The summed E-state index contributed by atoms with van der Waals surface area (Å²) in [5.41, 5.74) is 0.522. The Labute approximate surface area is 161 Å². The lowest BCUT2D eigenvalue weighted by atomic mass is 10.1. The number of hydrogen-bond donors (Lipinski definition) is 1. The largest absolute Gasteiger partial charge is 0.496 e. The summed E-state index contributed by atoms with van der Waals surface area (Å²) in [7, 11) is 7.84. The Morgan fingerprint density at radius 3 is 1.92 bits per heavy atom. The average molecular weight is 437 g/mol. The van der Waals surface area contributed by atoms with Crippen molar-refractivity contribution in [1.82, 2.24) is 0 Å². The van der Waals surface area contributed by atoms with Crippen LogP contribution in [0.4, 0.5) is 10.5 Å². The van der Waals surface area contributed by atoms with Gasteiger partial charge in [-0.2, -0.15) is 8.42 Å². The first-order chi connectivity index (χ1) is 11.2. The fourth-order valence-electron chi connectivity index (χ4n) is 1.62. The first kappa shape index (κ1) is 23.9. The van der Waals surface area contributed by atoms with Crippen LogP contribution in [0.2, 0.25) is 5.02 Å². The predicted molar refractivity (Wildman–Crippen MR) is 99.8 cm³/mol. The molecule has 11 heteroatoms. The van der Waals surface area contributed by atoms with Crippen LogP contribution in [0.15, 0.2) is 6.07 Å². The third-order valence-corrected chi connectivity index (χ3v) is 2.88. The summed E-state index contributed by atoms with van der Waals surface area (Å²) in [6.07, 6.45) is -0.585. The van der Waals surface area contributed by atoms with E-state index in [-0.39, 0.29) is 0 Å². The Morgan fingerprint density at radius 1 is 1.12 bits per heavy atom. The Kier molecular flexibility index (Phi) is 9.15. The van der Waals surface area contributed by atoms with E-state index in [1.165, 1.54) is 14.2 Å². The number of nitrogens with one attached hydrogen (secondary N) is 1. The Balaban J connectivity index is 0.00000101. The molecule has 0 heterocycles. The van der Waals surface area contributed by atoms with Gasteiger partial charge in [-0.3, -0.25) is 5.32 Å². The average Bonchev–Trinajstić information content (AvgIpc) is 2.40. The molecule has 0 aliphatic carbocycles. The second-order valence-corrected chi connectivity index (χ2v) is 9.65. The summed E-state index contributed by atoms with van der Waals surface area (Å²) < 4.78 is 33.9. The molecule has 144 valence electrons. The van der Waals surface area contributed by atoms with E-state index in [0.29, 0.717) is 27.8 Å². The maximum absolute atomic E-state index is 11.9. The molecule has 1 rings (SSSR count). The van der Waals surface area contributed by atoms with Gasteiger partial charge >= 0.3 is 14.4 Å². The topological polar surface area (TPSA) is 90.9 Å². The zero-order chi connectivity index (χ0) is 20.0. The molecule has 1 aromatic carbocycles. The standard InChI is InChI=1S/C14H20ClNO4.Cl2O2S/c1-8-9(18-5)7-10(19-6)11(15)12(8)16-13(17)20-14(2,3)4;1-5(2,3)4/h7H,1-6H3,(H,16,17);. The molecule has 0 saturated carbocycles. The van der Waals surface area contributed by atoms with Crippen molar-refractivity contribution in [3.8, 4) is 11.5 Å². The summed E-state index contributed by atoms with van der Waals surface area (Å²) in [5.74, 6) is 0.984. The molecule has 0 bridgehead atoms. The number of hydrogen-bond acceptors (Lipinski definition) is 6. The van der Waals surface area contributed by atoms with Crippen molar-refractivity contribution in [2.75, 3.05) is 19.5 Å². The SMILES string of the molecule is COc1cc(OC)c(Cl)c(NC(=O)OC(C)(C)C)c1C.O=S(=O)(Cl)Cl. The van der Waals surface area contributed by atoms with Crippen molar-refractivity contribution >= 4 is 53.0 Å². The number of halogens is 3. The van der Waals surface area contributed by atoms with E-state index in [0.717, 1.165) is 0 Å². The molecule has 0 unspecified atom stereocenters. The van der Waals surface area contributed by atoms with Gasteiger partial charge in [0, 0.05) is 33.0 Å². The molecule has 1 aromatic rings. The highest BCUT2D eigenvalue weighted by Crippen LogP contribution is 2.40. The molecule has 0 aromatic heterocycles. The quantitative estimate of drug-likeness (QED) is 0.689. The first-order valence-corrected chi connectivity index (χ1v) is 10.3. The third-order valence-electron chi connectivity index (χ3n) is 2.51. The van der Waals surface area contributed by atoms with Gasteiger partial charge in [-0.1, -0.05) is 11.6 Å². The van der Waals surface area contributed by atoms with Crippen molar-refractivity contribution in [1.29, 1.82) is 0 Å². The van der Waals surface area contributed by atoms with Gasteiger partial charge in [-0.15, -0.1) is 0 Å².